The highest BCUT2D eigenvalue weighted by Gasteiger charge is 2.19. The van der Waals surface area contributed by atoms with Crippen molar-refractivity contribution in [1.82, 2.24) is 0 Å². The van der Waals surface area contributed by atoms with Crippen LogP contribution in [0.4, 0.5) is 0 Å². The fourth-order valence-electron chi connectivity index (χ4n) is 9.79. The highest BCUT2D eigenvalue weighted by molar-refractivity contribution is 5.71. The van der Waals surface area contributed by atoms with E-state index in [2.05, 4.69) is 142 Å². The number of hydrogen-bond acceptors (Lipinski definition) is 6. The lowest BCUT2D eigenvalue weighted by atomic mass is 10.0. The Hall–Kier alpha value is -4.19. The molecule has 0 rings (SSSR count). The monoisotopic (exact) mass is 1150 g/mol. The summed E-state index contributed by atoms with van der Waals surface area (Å²) < 4.78 is 16.9. The third kappa shape index (κ3) is 68.5. The van der Waals surface area contributed by atoms with E-state index in [9.17, 15) is 14.4 Å². The summed E-state index contributed by atoms with van der Waals surface area (Å²) in [7, 11) is 0. The summed E-state index contributed by atoms with van der Waals surface area (Å²) in [5.74, 6) is -0.934. The van der Waals surface area contributed by atoms with Gasteiger partial charge >= 0.3 is 17.9 Å². The smallest absolute Gasteiger partial charge is 0.306 e. The van der Waals surface area contributed by atoms with Crippen molar-refractivity contribution in [3.05, 3.63) is 122 Å². The van der Waals surface area contributed by atoms with Gasteiger partial charge in [-0.15, -0.1) is 0 Å². The molecule has 1 atom stereocenters. The van der Waals surface area contributed by atoms with E-state index in [1.54, 1.807) is 0 Å². The molecular formula is C77H130O6. The summed E-state index contributed by atoms with van der Waals surface area (Å²) in [4.78, 5) is 38.4. The Labute approximate surface area is 513 Å². The normalized spacial score (nSPS) is 12.9. The minimum absolute atomic E-state index is 0.0980. The predicted octanol–water partition coefficient (Wildman–Crippen LogP) is 24.3. The number of rotatable bonds is 63. The van der Waals surface area contributed by atoms with Gasteiger partial charge in [0.05, 0.1) is 0 Å². The van der Waals surface area contributed by atoms with Gasteiger partial charge in [-0.2, -0.15) is 0 Å². The molecule has 0 aliphatic carbocycles. The summed E-state index contributed by atoms with van der Waals surface area (Å²) in [5.41, 5.74) is 0. The molecule has 0 aliphatic rings. The van der Waals surface area contributed by atoms with Crippen molar-refractivity contribution in [2.45, 2.75) is 335 Å². The number of carbonyl (C=O) groups is 3. The Kier molecular flexibility index (Phi) is 66.7. The molecule has 474 valence electrons. The molecule has 0 aromatic carbocycles. The molecule has 0 saturated carbocycles. The zero-order chi connectivity index (χ0) is 59.9. The Morgan fingerprint density at radius 2 is 0.470 bits per heavy atom. The molecule has 0 aliphatic heterocycles. The summed E-state index contributed by atoms with van der Waals surface area (Å²) in [6.45, 7) is 6.40. The van der Waals surface area contributed by atoms with Crippen LogP contribution < -0.4 is 0 Å². The van der Waals surface area contributed by atoms with Crippen LogP contribution in [0, 0.1) is 0 Å². The van der Waals surface area contributed by atoms with Crippen molar-refractivity contribution in [2.24, 2.45) is 0 Å². The second-order valence-corrected chi connectivity index (χ2v) is 23.0. The highest BCUT2D eigenvalue weighted by atomic mass is 16.6. The van der Waals surface area contributed by atoms with Crippen LogP contribution in [-0.4, -0.2) is 37.2 Å². The largest absolute Gasteiger partial charge is 0.462 e. The molecule has 6 heteroatoms. The van der Waals surface area contributed by atoms with Crippen LogP contribution in [0.5, 0.6) is 0 Å². The van der Waals surface area contributed by atoms with Crippen molar-refractivity contribution in [3.8, 4) is 0 Å². The summed E-state index contributed by atoms with van der Waals surface area (Å²) in [6.07, 6.45) is 98.0. The quantitative estimate of drug-likeness (QED) is 0.0261. The van der Waals surface area contributed by atoms with Crippen molar-refractivity contribution < 1.29 is 28.6 Å². The molecule has 0 aromatic rings. The van der Waals surface area contributed by atoms with E-state index in [0.717, 1.165) is 148 Å². The van der Waals surface area contributed by atoms with Gasteiger partial charge in [0.2, 0.25) is 0 Å². The predicted molar refractivity (Wildman–Crippen MR) is 362 cm³/mol. The number of unbranched alkanes of at least 4 members (excludes halogenated alkanes) is 32. The van der Waals surface area contributed by atoms with Gasteiger partial charge in [0.25, 0.3) is 0 Å². The van der Waals surface area contributed by atoms with Crippen LogP contribution in [-0.2, 0) is 28.6 Å². The number of carbonyl (C=O) groups excluding carboxylic acids is 3. The average Bonchev–Trinajstić information content (AvgIpc) is 3.49. The molecule has 83 heavy (non-hydrogen) atoms. The molecule has 0 spiro atoms. The van der Waals surface area contributed by atoms with Crippen LogP contribution in [0.15, 0.2) is 122 Å². The number of hydrogen-bond donors (Lipinski definition) is 0. The van der Waals surface area contributed by atoms with Crippen LogP contribution in [0.25, 0.3) is 0 Å². The maximum atomic E-state index is 13.0. The standard InChI is InChI=1S/C77H130O6/c1-4-7-10-13-16-19-22-25-27-29-31-33-35-37-38-40-41-43-45-47-49-52-55-58-61-64-67-70-76(79)82-73-74(72-81-75(78)69-66-63-60-57-54-51-24-21-18-15-12-9-6-3)83-77(80)71-68-65-62-59-56-53-50-48-46-44-42-39-36-34-32-30-28-26-23-20-17-14-11-8-5-2/h7,9-10,12,16,18-19,21,25,27,31,33,37-38,41,43,47,49,51,54,74H,4-6,8,11,13-15,17,20,22-24,26,28-30,32,34-36,39-40,42,44-46,48,50,52-53,55-73H2,1-3H3/b10-7-,12-9-,19-16-,21-18-,27-25-,33-31-,38-37-,43-41-,49-47-,54-51-. The van der Waals surface area contributed by atoms with Crippen molar-refractivity contribution in [3.63, 3.8) is 0 Å². The molecule has 0 N–H and O–H groups in total. The van der Waals surface area contributed by atoms with Crippen LogP contribution in [0.3, 0.4) is 0 Å². The Balaban J connectivity index is 4.34. The fourth-order valence-corrected chi connectivity index (χ4v) is 9.79. The maximum absolute atomic E-state index is 13.0. The van der Waals surface area contributed by atoms with E-state index in [1.165, 1.54) is 141 Å². The third-order valence-corrected chi connectivity index (χ3v) is 15.0. The van der Waals surface area contributed by atoms with Gasteiger partial charge in [0.1, 0.15) is 13.2 Å². The minimum Gasteiger partial charge on any atom is -0.462 e. The number of esters is 3. The SMILES string of the molecule is CC/C=C\C/C=C\C/C=C\C/C=C\C/C=C\C/C=C\C/C=C\CCCCCCCC(=O)OCC(COC(=O)CCCCC/C=C\C/C=C\C/C=C\CC)OC(=O)CCCCCCCCCCCCCCCCCCCCCCCCCCC. The Bertz CT molecular complexity index is 1700. The lowest BCUT2D eigenvalue weighted by Gasteiger charge is -2.18. The van der Waals surface area contributed by atoms with Gasteiger partial charge < -0.3 is 14.2 Å². The van der Waals surface area contributed by atoms with Crippen molar-refractivity contribution in [2.75, 3.05) is 13.2 Å². The molecule has 0 heterocycles. The van der Waals surface area contributed by atoms with Gasteiger partial charge in [-0.1, -0.05) is 322 Å². The van der Waals surface area contributed by atoms with E-state index >= 15 is 0 Å². The first kappa shape index (κ1) is 78.8. The van der Waals surface area contributed by atoms with E-state index in [-0.39, 0.29) is 31.1 Å². The van der Waals surface area contributed by atoms with E-state index in [0.29, 0.717) is 19.3 Å². The second-order valence-electron chi connectivity index (χ2n) is 23.0. The average molecular weight is 1150 g/mol. The highest BCUT2D eigenvalue weighted by Crippen LogP contribution is 2.17. The van der Waals surface area contributed by atoms with Gasteiger partial charge in [-0.05, 0) is 109 Å². The van der Waals surface area contributed by atoms with Gasteiger partial charge in [-0.3, -0.25) is 14.4 Å². The van der Waals surface area contributed by atoms with Gasteiger partial charge in [-0.25, -0.2) is 0 Å². The summed E-state index contributed by atoms with van der Waals surface area (Å²) >= 11 is 0. The maximum Gasteiger partial charge on any atom is 0.306 e. The second kappa shape index (κ2) is 70.3. The molecule has 6 nitrogen and oxygen atoms in total. The first-order chi connectivity index (χ1) is 41.0. The van der Waals surface area contributed by atoms with Crippen LogP contribution in [0.1, 0.15) is 329 Å². The van der Waals surface area contributed by atoms with Gasteiger partial charge in [0.15, 0.2) is 6.10 Å². The van der Waals surface area contributed by atoms with Crippen molar-refractivity contribution >= 4 is 17.9 Å². The molecule has 0 radical (unpaired) electrons. The minimum atomic E-state index is -0.802. The van der Waals surface area contributed by atoms with E-state index in [1.807, 2.05) is 0 Å². The lowest BCUT2D eigenvalue weighted by molar-refractivity contribution is -0.167. The summed E-state index contributed by atoms with van der Waals surface area (Å²) in [5, 5.41) is 0. The first-order valence-electron chi connectivity index (χ1n) is 35.0. The fraction of sp³-hybridized carbons (Fsp3) is 0.701. The van der Waals surface area contributed by atoms with E-state index in [4.69, 9.17) is 14.2 Å². The zero-order valence-electron chi connectivity index (χ0n) is 54.4. The molecule has 0 aromatic heterocycles. The van der Waals surface area contributed by atoms with Gasteiger partial charge in [0, 0.05) is 19.3 Å². The molecule has 0 amide bonds. The zero-order valence-corrected chi connectivity index (χ0v) is 54.4. The Morgan fingerprint density at radius 1 is 0.253 bits per heavy atom. The first-order valence-corrected chi connectivity index (χ1v) is 35.0. The number of ether oxygens (including phenoxy) is 3. The molecule has 0 saturated heterocycles. The molecule has 0 bridgehead atoms. The third-order valence-electron chi connectivity index (χ3n) is 15.0. The molecule has 0 fully saturated rings. The summed E-state index contributed by atoms with van der Waals surface area (Å²) in [6, 6.07) is 0. The number of allylic oxidation sites excluding steroid dienone is 20. The molecule has 1 unspecified atom stereocenters. The molecular weight excluding hydrogens is 1020 g/mol. The van der Waals surface area contributed by atoms with Crippen molar-refractivity contribution in [1.29, 1.82) is 0 Å². The van der Waals surface area contributed by atoms with E-state index < -0.39 is 6.10 Å². The lowest BCUT2D eigenvalue weighted by Crippen LogP contribution is -2.30. The van der Waals surface area contributed by atoms with Crippen LogP contribution in [0.2, 0.25) is 0 Å². The topological polar surface area (TPSA) is 78.9 Å². The Morgan fingerprint density at radius 3 is 0.747 bits per heavy atom. The van der Waals surface area contributed by atoms with Crippen LogP contribution >= 0.6 is 0 Å².